The Balaban J connectivity index is 2.09. The molecule has 2 rings (SSSR count). The van der Waals surface area contributed by atoms with Crippen LogP contribution in [-0.2, 0) is 0 Å². The largest absolute Gasteiger partial charge is 0.309 e. The van der Waals surface area contributed by atoms with Crippen molar-refractivity contribution >= 4 is 0 Å². The summed E-state index contributed by atoms with van der Waals surface area (Å²) in [5.41, 5.74) is 4.68. The fraction of sp³-hybridized carbons (Fsp3) is 0.684. The van der Waals surface area contributed by atoms with Gasteiger partial charge in [-0.3, -0.25) is 0 Å². The number of nitrogens with zero attached hydrogens (tertiary/aromatic N) is 1. The molecule has 0 radical (unpaired) electrons. The molecule has 1 aromatic carbocycles. The third kappa shape index (κ3) is 4.55. The zero-order valence-electron chi connectivity index (χ0n) is 14.5. The topological polar surface area (TPSA) is 15.3 Å². The van der Waals surface area contributed by atoms with E-state index in [9.17, 15) is 0 Å². The molecule has 1 N–H and O–H groups in total. The van der Waals surface area contributed by atoms with E-state index in [-0.39, 0.29) is 0 Å². The smallest absolute Gasteiger partial charge is 0.0449 e. The Hall–Kier alpha value is -0.860. The lowest BCUT2D eigenvalue weighted by atomic mass is 9.84. The number of nitrogens with one attached hydrogen (secondary N) is 1. The van der Waals surface area contributed by atoms with Crippen LogP contribution in [0.15, 0.2) is 18.2 Å². The van der Waals surface area contributed by atoms with E-state index in [0.717, 1.165) is 13.1 Å². The molecule has 21 heavy (non-hydrogen) atoms. The second-order valence-corrected chi connectivity index (χ2v) is 7.46. The van der Waals surface area contributed by atoms with Gasteiger partial charge in [-0.25, -0.2) is 0 Å². The van der Waals surface area contributed by atoms with Crippen molar-refractivity contribution in [2.75, 3.05) is 26.2 Å². The van der Waals surface area contributed by atoms with Gasteiger partial charge >= 0.3 is 0 Å². The normalized spacial score (nSPS) is 20.4. The Labute approximate surface area is 130 Å². The molecular weight excluding hydrogens is 256 g/mol. The van der Waals surface area contributed by atoms with Crippen molar-refractivity contribution in [1.29, 1.82) is 0 Å². The molecule has 2 nitrogen and oxygen atoms in total. The summed E-state index contributed by atoms with van der Waals surface area (Å²) in [6.07, 6.45) is 2.69. The maximum Gasteiger partial charge on any atom is 0.0449 e. The predicted molar refractivity (Wildman–Crippen MR) is 91.8 cm³/mol. The number of hydrogen-bond acceptors (Lipinski definition) is 2. The predicted octanol–water partition coefficient (Wildman–Crippen LogP) is 4.08. The highest BCUT2D eigenvalue weighted by atomic mass is 15.2. The summed E-state index contributed by atoms with van der Waals surface area (Å²) in [6.45, 7) is 16.0. The summed E-state index contributed by atoms with van der Waals surface area (Å²) >= 11 is 0. The minimum atomic E-state index is 0.447. The maximum absolute atomic E-state index is 3.68. The monoisotopic (exact) mass is 288 g/mol. The van der Waals surface area contributed by atoms with Gasteiger partial charge in [-0.15, -0.1) is 0 Å². The molecule has 0 aromatic heterocycles. The Morgan fingerprint density at radius 2 is 2.00 bits per heavy atom. The average molecular weight is 288 g/mol. The van der Waals surface area contributed by atoms with Crippen LogP contribution >= 0.6 is 0 Å². The van der Waals surface area contributed by atoms with Gasteiger partial charge in [0.25, 0.3) is 0 Å². The van der Waals surface area contributed by atoms with E-state index >= 15 is 0 Å². The highest BCUT2D eigenvalue weighted by molar-refractivity contribution is 5.32. The lowest BCUT2D eigenvalue weighted by Crippen LogP contribution is -2.44. The van der Waals surface area contributed by atoms with E-state index in [0.29, 0.717) is 11.5 Å². The fourth-order valence-electron chi connectivity index (χ4n) is 3.47. The van der Waals surface area contributed by atoms with Crippen LogP contribution in [0.3, 0.4) is 0 Å². The number of aryl methyl sites for hydroxylation is 2. The first-order valence-corrected chi connectivity index (χ1v) is 8.44. The van der Waals surface area contributed by atoms with Crippen molar-refractivity contribution in [1.82, 2.24) is 10.2 Å². The highest BCUT2D eigenvalue weighted by Crippen LogP contribution is 2.29. The van der Waals surface area contributed by atoms with E-state index in [2.05, 4.69) is 63.0 Å². The second kappa shape index (κ2) is 6.93. The van der Waals surface area contributed by atoms with Crippen LogP contribution in [0.4, 0.5) is 0 Å². The standard InChI is InChI=1S/C19H32N2/c1-6-20-18(17-9-8-15(2)16(3)12-17)13-21-11-7-10-19(4,5)14-21/h8-9,12,18,20H,6-7,10-11,13-14H2,1-5H3. The Kier molecular flexibility index (Phi) is 5.45. The van der Waals surface area contributed by atoms with Crippen molar-refractivity contribution in [3.63, 3.8) is 0 Å². The number of piperidine rings is 1. The second-order valence-electron chi connectivity index (χ2n) is 7.46. The number of benzene rings is 1. The summed E-state index contributed by atoms with van der Waals surface area (Å²) in [6, 6.07) is 7.36. The Bertz CT molecular complexity index is 465. The fourth-order valence-corrected chi connectivity index (χ4v) is 3.47. The van der Waals surface area contributed by atoms with Crippen LogP contribution in [0.1, 0.15) is 56.3 Å². The van der Waals surface area contributed by atoms with Crippen LogP contribution < -0.4 is 5.32 Å². The van der Waals surface area contributed by atoms with Crippen LogP contribution in [0, 0.1) is 19.3 Å². The van der Waals surface area contributed by atoms with E-state index in [1.54, 1.807) is 0 Å². The molecule has 1 fully saturated rings. The Morgan fingerprint density at radius 3 is 2.62 bits per heavy atom. The minimum Gasteiger partial charge on any atom is -0.309 e. The summed E-state index contributed by atoms with van der Waals surface area (Å²) in [4.78, 5) is 2.64. The van der Waals surface area contributed by atoms with E-state index in [1.165, 1.54) is 42.6 Å². The molecule has 1 aliphatic rings. The van der Waals surface area contributed by atoms with E-state index < -0.39 is 0 Å². The zero-order chi connectivity index (χ0) is 15.5. The lowest BCUT2D eigenvalue weighted by Gasteiger charge is -2.39. The average Bonchev–Trinajstić information content (AvgIpc) is 2.40. The minimum absolute atomic E-state index is 0.447. The molecule has 0 amide bonds. The van der Waals surface area contributed by atoms with Crippen LogP contribution in [0.5, 0.6) is 0 Å². The Morgan fingerprint density at radius 1 is 1.24 bits per heavy atom. The van der Waals surface area contributed by atoms with Crippen molar-refractivity contribution in [3.05, 3.63) is 34.9 Å². The first-order chi connectivity index (χ1) is 9.91. The third-order valence-electron chi connectivity index (χ3n) is 4.80. The number of likely N-dealkylation sites (N-methyl/N-ethyl adjacent to an activating group) is 1. The van der Waals surface area contributed by atoms with Gasteiger partial charge in [0.05, 0.1) is 0 Å². The van der Waals surface area contributed by atoms with Gasteiger partial charge in [0.2, 0.25) is 0 Å². The first kappa shape index (κ1) is 16.5. The molecule has 0 saturated carbocycles. The van der Waals surface area contributed by atoms with Crippen molar-refractivity contribution in [2.24, 2.45) is 5.41 Å². The lowest BCUT2D eigenvalue weighted by molar-refractivity contribution is 0.108. The first-order valence-electron chi connectivity index (χ1n) is 8.44. The summed E-state index contributed by atoms with van der Waals surface area (Å²) in [5.74, 6) is 0. The quantitative estimate of drug-likeness (QED) is 0.878. The molecule has 118 valence electrons. The molecule has 1 aromatic rings. The SMILES string of the molecule is CCNC(CN1CCCC(C)(C)C1)c1ccc(C)c(C)c1. The van der Waals surface area contributed by atoms with Crippen molar-refractivity contribution in [2.45, 2.75) is 53.5 Å². The number of likely N-dealkylation sites (tertiary alicyclic amines) is 1. The van der Waals surface area contributed by atoms with Crippen molar-refractivity contribution < 1.29 is 0 Å². The molecule has 1 atom stereocenters. The van der Waals surface area contributed by atoms with E-state index in [1.807, 2.05) is 0 Å². The molecular formula is C19H32N2. The van der Waals surface area contributed by atoms with Gasteiger partial charge in [0.1, 0.15) is 0 Å². The third-order valence-corrected chi connectivity index (χ3v) is 4.80. The van der Waals surface area contributed by atoms with Gasteiger partial charge in [-0.05, 0) is 61.9 Å². The van der Waals surface area contributed by atoms with Gasteiger partial charge in [0, 0.05) is 19.1 Å². The van der Waals surface area contributed by atoms with Crippen LogP contribution in [0.2, 0.25) is 0 Å². The highest BCUT2D eigenvalue weighted by Gasteiger charge is 2.27. The summed E-state index contributed by atoms with van der Waals surface area (Å²) in [7, 11) is 0. The molecule has 1 aliphatic heterocycles. The molecule has 0 aliphatic carbocycles. The molecule has 0 bridgehead atoms. The number of rotatable bonds is 5. The summed E-state index contributed by atoms with van der Waals surface area (Å²) < 4.78 is 0. The van der Waals surface area contributed by atoms with Gasteiger partial charge in [-0.1, -0.05) is 39.0 Å². The molecule has 2 heteroatoms. The van der Waals surface area contributed by atoms with Crippen LogP contribution in [0.25, 0.3) is 0 Å². The van der Waals surface area contributed by atoms with Crippen molar-refractivity contribution in [3.8, 4) is 0 Å². The van der Waals surface area contributed by atoms with Gasteiger partial charge in [0.15, 0.2) is 0 Å². The molecule has 1 unspecified atom stereocenters. The van der Waals surface area contributed by atoms with Gasteiger partial charge in [-0.2, -0.15) is 0 Å². The molecule has 0 spiro atoms. The van der Waals surface area contributed by atoms with Crippen LogP contribution in [-0.4, -0.2) is 31.1 Å². The zero-order valence-corrected chi connectivity index (χ0v) is 14.5. The molecule has 1 heterocycles. The summed E-state index contributed by atoms with van der Waals surface area (Å²) in [5, 5.41) is 3.68. The van der Waals surface area contributed by atoms with Gasteiger partial charge < -0.3 is 10.2 Å². The van der Waals surface area contributed by atoms with E-state index in [4.69, 9.17) is 0 Å². The number of hydrogen-bond donors (Lipinski definition) is 1. The molecule has 1 saturated heterocycles. The maximum atomic E-state index is 3.68.